The average molecular weight is 287 g/mol. The third-order valence-electron chi connectivity index (χ3n) is 2.60. The van der Waals surface area contributed by atoms with E-state index < -0.39 is 15.7 Å². The quantitative estimate of drug-likeness (QED) is 0.568. The molecule has 0 aromatic carbocycles. The third kappa shape index (κ3) is 4.43. The molecule has 19 heavy (non-hydrogen) atoms. The summed E-state index contributed by atoms with van der Waals surface area (Å²) in [6.07, 6.45) is 3.43. The summed E-state index contributed by atoms with van der Waals surface area (Å²) < 4.78 is 11.2. The predicted molar refractivity (Wildman–Crippen MR) is 74.9 cm³/mol. The van der Waals surface area contributed by atoms with Gasteiger partial charge in [0.1, 0.15) is 6.20 Å². The largest absolute Gasteiger partial charge is 0.364 e. The molecule has 0 radical (unpaired) electrons. The molecule has 0 bridgehead atoms. The number of nitrogens with zero attached hydrogens (tertiary/aromatic N) is 3. The molecule has 0 saturated heterocycles. The van der Waals surface area contributed by atoms with Crippen molar-refractivity contribution in [2.24, 2.45) is 0 Å². The van der Waals surface area contributed by atoms with Crippen molar-refractivity contribution in [3.63, 3.8) is 0 Å². The lowest BCUT2D eigenvalue weighted by molar-refractivity contribution is -0.384. The lowest BCUT2D eigenvalue weighted by atomic mass is 10.3. The van der Waals surface area contributed by atoms with E-state index in [0.29, 0.717) is 18.9 Å². The lowest BCUT2D eigenvalue weighted by Crippen LogP contribution is -2.16. The molecule has 0 spiro atoms. The summed E-state index contributed by atoms with van der Waals surface area (Å²) in [5, 5.41) is 16.5. The first-order valence-electron chi connectivity index (χ1n) is 5.71. The monoisotopic (exact) mass is 287 g/mol. The predicted octanol–water partition coefficient (Wildman–Crippen LogP) is 0.995. The molecule has 9 heteroatoms. The van der Waals surface area contributed by atoms with Crippen LogP contribution < -0.4 is 10.6 Å². The van der Waals surface area contributed by atoms with Crippen LogP contribution in [0.2, 0.25) is 0 Å². The Labute approximate surface area is 113 Å². The highest BCUT2D eigenvalue weighted by molar-refractivity contribution is 7.84. The molecule has 1 aromatic heterocycles. The van der Waals surface area contributed by atoms with Gasteiger partial charge in [0, 0.05) is 35.9 Å². The van der Waals surface area contributed by atoms with Crippen molar-refractivity contribution < 1.29 is 9.13 Å². The number of nitro groups is 1. The molecule has 106 valence electrons. The zero-order valence-electron chi connectivity index (χ0n) is 11.0. The first kappa shape index (κ1) is 15.3. The fourth-order valence-electron chi connectivity index (χ4n) is 1.32. The molecule has 0 aliphatic heterocycles. The Morgan fingerprint density at radius 3 is 2.79 bits per heavy atom. The van der Waals surface area contributed by atoms with E-state index >= 15 is 0 Å². The smallest absolute Gasteiger partial charge is 0.329 e. The highest BCUT2D eigenvalue weighted by atomic mass is 32.2. The molecule has 0 fully saturated rings. The van der Waals surface area contributed by atoms with Crippen LogP contribution >= 0.6 is 0 Å². The highest BCUT2D eigenvalue weighted by Crippen LogP contribution is 2.21. The Morgan fingerprint density at radius 2 is 2.26 bits per heavy atom. The van der Waals surface area contributed by atoms with E-state index in [-0.39, 0.29) is 16.8 Å². The molecule has 0 aliphatic carbocycles. The van der Waals surface area contributed by atoms with Crippen LogP contribution in [0.4, 0.5) is 17.5 Å². The van der Waals surface area contributed by atoms with E-state index in [1.165, 1.54) is 0 Å². The minimum Gasteiger partial charge on any atom is -0.364 e. The Morgan fingerprint density at radius 1 is 1.58 bits per heavy atom. The standard InChI is InChI=1S/C10H17N5O3S/c1-7(19(3)18)4-5-12-9-8(15(16)17)6-13-10(11-2)14-9/h6-7H,4-5H2,1-3H3,(H2,11,12,13,14). The summed E-state index contributed by atoms with van der Waals surface area (Å²) in [4.78, 5) is 18.1. The molecular weight excluding hydrogens is 270 g/mol. The summed E-state index contributed by atoms with van der Waals surface area (Å²) in [5.74, 6) is 0.471. The third-order valence-corrected chi connectivity index (χ3v) is 3.97. The fourth-order valence-corrected chi connectivity index (χ4v) is 1.77. The minimum absolute atomic E-state index is 0.0252. The summed E-state index contributed by atoms with van der Waals surface area (Å²) in [7, 11) is 0.725. The van der Waals surface area contributed by atoms with E-state index in [9.17, 15) is 14.3 Å². The molecule has 0 aliphatic rings. The summed E-state index contributed by atoms with van der Waals surface area (Å²) in [5.41, 5.74) is -0.177. The SMILES string of the molecule is CNc1ncc([N+](=O)[O-])c(NCCC(C)S(C)=O)n1. The summed E-state index contributed by atoms with van der Waals surface area (Å²) in [6, 6.07) is 0. The zero-order valence-corrected chi connectivity index (χ0v) is 11.9. The van der Waals surface area contributed by atoms with E-state index in [4.69, 9.17) is 0 Å². The minimum atomic E-state index is -0.907. The normalized spacial score (nSPS) is 13.6. The van der Waals surface area contributed by atoms with Crippen molar-refractivity contribution in [1.29, 1.82) is 0 Å². The van der Waals surface area contributed by atoms with Crippen molar-refractivity contribution in [2.75, 3.05) is 30.5 Å². The van der Waals surface area contributed by atoms with Crippen molar-refractivity contribution in [1.82, 2.24) is 9.97 Å². The molecular formula is C10H17N5O3S. The Hall–Kier alpha value is -1.77. The molecule has 0 saturated carbocycles. The van der Waals surface area contributed by atoms with Gasteiger partial charge in [0.15, 0.2) is 0 Å². The Bertz CT molecular complexity index is 482. The number of hydrogen-bond donors (Lipinski definition) is 2. The van der Waals surface area contributed by atoms with E-state index in [1.807, 2.05) is 6.92 Å². The van der Waals surface area contributed by atoms with Gasteiger partial charge in [0.2, 0.25) is 11.8 Å². The fraction of sp³-hybridized carbons (Fsp3) is 0.600. The van der Waals surface area contributed by atoms with Crippen LogP contribution in [0.25, 0.3) is 0 Å². The second-order valence-corrected chi connectivity index (χ2v) is 5.76. The van der Waals surface area contributed by atoms with Gasteiger partial charge in [-0.2, -0.15) is 4.98 Å². The molecule has 8 nitrogen and oxygen atoms in total. The van der Waals surface area contributed by atoms with Gasteiger partial charge in [-0.05, 0) is 6.42 Å². The second-order valence-electron chi connectivity index (χ2n) is 3.96. The maximum absolute atomic E-state index is 11.2. The van der Waals surface area contributed by atoms with Crippen LogP contribution in [0.1, 0.15) is 13.3 Å². The number of anilines is 2. The van der Waals surface area contributed by atoms with Crippen molar-refractivity contribution in [3.8, 4) is 0 Å². The number of nitrogens with one attached hydrogen (secondary N) is 2. The van der Waals surface area contributed by atoms with Crippen LogP contribution in [-0.4, -0.2) is 44.2 Å². The van der Waals surface area contributed by atoms with Gasteiger partial charge in [-0.15, -0.1) is 0 Å². The van der Waals surface area contributed by atoms with Crippen molar-refractivity contribution in [2.45, 2.75) is 18.6 Å². The number of aromatic nitrogens is 2. The Balaban J connectivity index is 2.75. The van der Waals surface area contributed by atoms with Gasteiger partial charge in [-0.1, -0.05) is 6.92 Å². The van der Waals surface area contributed by atoms with Crippen LogP contribution in [0.5, 0.6) is 0 Å². The number of rotatable bonds is 7. The number of hydrogen-bond acceptors (Lipinski definition) is 7. The molecule has 1 rings (SSSR count). The molecule has 0 amide bonds. The summed E-state index contributed by atoms with van der Waals surface area (Å²) >= 11 is 0. The maximum Gasteiger partial charge on any atom is 0.329 e. The zero-order chi connectivity index (χ0) is 14.4. The van der Waals surface area contributed by atoms with Gasteiger partial charge in [-0.3, -0.25) is 14.3 Å². The first-order valence-corrected chi connectivity index (χ1v) is 7.33. The van der Waals surface area contributed by atoms with Gasteiger partial charge >= 0.3 is 5.69 Å². The molecule has 1 aromatic rings. The second kappa shape index (κ2) is 6.98. The van der Waals surface area contributed by atoms with Crippen LogP contribution in [0.15, 0.2) is 6.20 Å². The molecule has 2 unspecified atom stereocenters. The van der Waals surface area contributed by atoms with E-state index in [0.717, 1.165) is 6.20 Å². The van der Waals surface area contributed by atoms with Gasteiger partial charge in [-0.25, -0.2) is 4.98 Å². The molecule has 2 atom stereocenters. The van der Waals surface area contributed by atoms with E-state index in [2.05, 4.69) is 20.6 Å². The van der Waals surface area contributed by atoms with Gasteiger partial charge < -0.3 is 10.6 Å². The average Bonchev–Trinajstić information content (AvgIpc) is 2.37. The van der Waals surface area contributed by atoms with Crippen LogP contribution in [0, 0.1) is 10.1 Å². The Kier molecular flexibility index (Phi) is 5.61. The molecule has 2 N–H and O–H groups in total. The lowest BCUT2D eigenvalue weighted by Gasteiger charge is -2.10. The van der Waals surface area contributed by atoms with Crippen molar-refractivity contribution in [3.05, 3.63) is 16.3 Å². The van der Waals surface area contributed by atoms with Gasteiger partial charge in [0.05, 0.1) is 4.92 Å². The van der Waals surface area contributed by atoms with Gasteiger partial charge in [0.25, 0.3) is 0 Å². The van der Waals surface area contributed by atoms with Crippen LogP contribution in [-0.2, 0) is 10.8 Å². The first-order chi connectivity index (χ1) is 8.95. The highest BCUT2D eigenvalue weighted by Gasteiger charge is 2.17. The topological polar surface area (TPSA) is 110 Å². The molecule has 1 heterocycles. The van der Waals surface area contributed by atoms with E-state index in [1.54, 1.807) is 13.3 Å². The van der Waals surface area contributed by atoms with Crippen molar-refractivity contribution >= 4 is 28.3 Å². The van der Waals surface area contributed by atoms with Crippen LogP contribution in [0.3, 0.4) is 0 Å². The summed E-state index contributed by atoms with van der Waals surface area (Å²) in [6.45, 7) is 2.33. The maximum atomic E-state index is 11.2.